The third kappa shape index (κ3) is 2.81. The van der Waals surface area contributed by atoms with Gasteiger partial charge in [-0.3, -0.25) is 10.1 Å². The molecule has 0 radical (unpaired) electrons. The molecule has 0 unspecified atom stereocenters. The average molecular weight is 300 g/mol. The van der Waals surface area contributed by atoms with Crippen LogP contribution in [-0.2, 0) is 12.7 Å². The molecule has 2 aromatic rings. The second-order valence-electron chi connectivity index (χ2n) is 4.39. The Balaban J connectivity index is 2.45. The molecule has 0 aliphatic carbocycles. The van der Waals surface area contributed by atoms with Gasteiger partial charge in [0.1, 0.15) is 5.69 Å². The topological polar surface area (TPSA) is 87.0 Å². The lowest BCUT2D eigenvalue weighted by Crippen LogP contribution is -2.13. The SMILES string of the molecule is Cc1nn(Cc2ccccc2C(F)(F)F)c(N)c1[N+](=O)[O-]. The predicted octanol–water partition coefficient (Wildman–Crippen LogP) is 2.75. The number of aryl methyl sites for hydroxylation is 1. The van der Waals surface area contributed by atoms with Gasteiger partial charge in [0.25, 0.3) is 0 Å². The summed E-state index contributed by atoms with van der Waals surface area (Å²) in [6.45, 7) is 1.08. The Bertz CT molecular complexity index is 694. The fourth-order valence-corrected chi connectivity index (χ4v) is 2.03. The first-order valence-corrected chi connectivity index (χ1v) is 5.84. The van der Waals surface area contributed by atoms with Gasteiger partial charge in [0.15, 0.2) is 0 Å². The number of hydrogen-bond acceptors (Lipinski definition) is 4. The van der Waals surface area contributed by atoms with Crippen molar-refractivity contribution < 1.29 is 18.1 Å². The number of aromatic nitrogens is 2. The number of hydrogen-bond donors (Lipinski definition) is 1. The van der Waals surface area contributed by atoms with E-state index in [9.17, 15) is 23.3 Å². The summed E-state index contributed by atoms with van der Waals surface area (Å²) >= 11 is 0. The van der Waals surface area contributed by atoms with Crippen molar-refractivity contribution in [2.75, 3.05) is 5.73 Å². The van der Waals surface area contributed by atoms with Crippen molar-refractivity contribution in [3.63, 3.8) is 0 Å². The summed E-state index contributed by atoms with van der Waals surface area (Å²) in [4.78, 5) is 10.1. The molecule has 9 heteroatoms. The summed E-state index contributed by atoms with van der Waals surface area (Å²) in [6.07, 6.45) is -4.51. The first-order chi connectivity index (χ1) is 9.71. The van der Waals surface area contributed by atoms with Gasteiger partial charge in [-0.1, -0.05) is 18.2 Å². The van der Waals surface area contributed by atoms with Crippen molar-refractivity contribution in [3.8, 4) is 0 Å². The van der Waals surface area contributed by atoms with Gasteiger partial charge < -0.3 is 5.73 Å². The van der Waals surface area contributed by atoms with Crippen LogP contribution in [0.2, 0.25) is 0 Å². The molecule has 0 atom stereocenters. The van der Waals surface area contributed by atoms with Crippen LogP contribution in [-0.4, -0.2) is 14.7 Å². The quantitative estimate of drug-likeness (QED) is 0.697. The van der Waals surface area contributed by atoms with Crippen LogP contribution < -0.4 is 5.73 Å². The van der Waals surface area contributed by atoms with Crippen molar-refractivity contribution in [3.05, 3.63) is 51.2 Å². The van der Waals surface area contributed by atoms with Gasteiger partial charge in [-0.25, -0.2) is 4.68 Å². The van der Waals surface area contributed by atoms with Crippen LogP contribution in [0.25, 0.3) is 0 Å². The maximum Gasteiger partial charge on any atom is 0.416 e. The van der Waals surface area contributed by atoms with E-state index in [2.05, 4.69) is 5.10 Å². The molecule has 6 nitrogen and oxygen atoms in total. The van der Waals surface area contributed by atoms with Gasteiger partial charge in [-0.15, -0.1) is 0 Å². The maximum absolute atomic E-state index is 12.9. The number of nitrogens with two attached hydrogens (primary N) is 1. The summed E-state index contributed by atoms with van der Waals surface area (Å²) in [5, 5.41) is 14.7. The number of anilines is 1. The van der Waals surface area contributed by atoms with E-state index in [-0.39, 0.29) is 29.3 Å². The van der Waals surface area contributed by atoms with Crippen LogP contribution in [0.3, 0.4) is 0 Å². The third-order valence-corrected chi connectivity index (χ3v) is 2.96. The van der Waals surface area contributed by atoms with Crippen LogP contribution in [0.1, 0.15) is 16.8 Å². The molecule has 112 valence electrons. The summed E-state index contributed by atoms with van der Waals surface area (Å²) in [7, 11) is 0. The molecule has 0 amide bonds. The van der Waals surface area contributed by atoms with Crippen molar-refractivity contribution in [2.24, 2.45) is 0 Å². The standard InChI is InChI=1S/C12H11F3N4O2/c1-7-10(19(20)21)11(16)18(17-7)6-8-4-2-3-5-9(8)12(13,14)15/h2-5H,6,16H2,1H3. The van der Waals surface area contributed by atoms with Crippen molar-refractivity contribution in [1.82, 2.24) is 9.78 Å². The Labute approximate surface area is 117 Å². The minimum Gasteiger partial charge on any atom is -0.378 e. The molecule has 1 aromatic heterocycles. The molecule has 1 aromatic carbocycles. The van der Waals surface area contributed by atoms with E-state index in [1.54, 1.807) is 0 Å². The monoisotopic (exact) mass is 300 g/mol. The number of benzene rings is 1. The molecule has 0 bridgehead atoms. The van der Waals surface area contributed by atoms with Crippen molar-refractivity contribution in [2.45, 2.75) is 19.6 Å². The minimum absolute atomic E-state index is 0.0574. The van der Waals surface area contributed by atoms with E-state index in [0.717, 1.165) is 10.7 Å². The molecule has 0 saturated heterocycles. The van der Waals surface area contributed by atoms with E-state index in [0.29, 0.717) is 0 Å². The second kappa shape index (κ2) is 5.08. The molecule has 2 rings (SSSR count). The van der Waals surface area contributed by atoms with Crippen LogP contribution in [0.15, 0.2) is 24.3 Å². The highest BCUT2D eigenvalue weighted by molar-refractivity contribution is 5.56. The number of nitro groups is 1. The Kier molecular flexibility index (Phi) is 3.58. The molecule has 21 heavy (non-hydrogen) atoms. The van der Waals surface area contributed by atoms with Gasteiger partial charge in [-0.05, 0) is 18.6 Å². The lowest BCUT2D eigenvalue weighted by atomic mass is 10.1. The Hall–Kier alpha value is -2.58. The summed E-state index contributed by atoms with van der Waals surface area (Å²) in [6, 6.07) is 4.94. The van der Waals surface area contributed by atoms with E-state index < -0.39 is 16.7 Å². The van der Waals surface area contributed by atoms with Gasteiger partial charge in [0.05, 0.1) is 17.0 Å². The number of nitrogens with zero attached hydrogens (tertiary/aromatic N) is 3. The zero-order valence-corrected chi connectivity index (χ0v) is 10.9. The molecule has 2 N–H and O–H groups in total. The Morgan fingerprint density at radius 1 is 1.38 bits per heavy atom. The van der Waals surface area contributed by atoms with E-state index >= 15 is 0 Å². The minimum atomic E-state index is -4.51. The molecule has 0 saturated carbocycles. The number of nitrogen functional groups attached to an aromatic ring is 1. The van der Waals surface area contributed by atoms with Crippen LogP contribution >= 0.6 is 0 Å². The van der Waals surface area contributed by atoms with Gasteiger partial charge >= 0.3 is 11.9 Å². The zero-order chi connectivity index (χ0) is 15.8. The van der Waals surface area contributed by atoms with Crippen LogP contribution in [0.5, 0.6) is 0 Å². The summed E-state index contributed by atoms with van der Waals surface area (Å²) in [5.41, 5.74) is 4.38. The highest BCUT2D eigenvalue weighted by Gasteiger charge is 2.33. The summed E-state index contributed by atoms with van der Waals surface area (Å²) in [5.74, 6) is -0.269. The molecular formula is C12H11F3N4O2. The Morgan fingerprint density at radius 2 is 2.00 bits per heavy atom. The molecule has 0 aliphatic rings. The smallest absolute Gasteiger partial charge is 0.378 e. The Morgan fingerprint density at radius 3 is 2.52 bits per heavy atom. The van der Waals surface area contributed by atoms with E-state index in [4.69, 9.17) is 5.73 Å². The molecule has 1 heterocycles. The first-order valence-electron chi connectivity index (χ1n) is 5.84. The van der Waals surface area contributed by atoms with Gasteiger partial charge in [0, 0.05) is 0 Å². The maximum atomic E-state index is 12.9. The molecular weight excluding hydrogens is 289 g/mol. The van der Waals surface area contributed by atoms with Crippen LogP contribution in [0, 0.1) is 17.0 Å². The molecule has 0 aliphatic heterocycles. The number of rotatable bonds is 3. The summed E-state index contributed by atoms with van der Waals surface area (Å²) < 4.78 is 39.7. The van der Waals surface area contributed by atoms with E-state index in [1.807, 2.05) is 0 Å². The molecule has 0 spiro atoms. The number of halogens is 3. The predicted molar refractivity (Wildman–Crippen MR) is 68.6 cm³/mol. The average Bonchev–Trinajstić information content (AvgIpc) is 2.63. The largest absolute Gasteiger partial charge is 0.416 e. The van der Waals surface area contributed by atoms with Gasteiger partial charge in [-0.2, -0.15) is 18.3 Å². The van der Waals surface area contributed by atoms with Crippen molar-refractivity contribution >= 4 is 11.5 Å². The number of alkyl halides is 3. The second-order valence-corrected chi connectivity index (χ2v) is 4.39. The lowest BCUT2D eigenvalue weighted by molar-refractivity contribution is -0.384. The third-order valence-electron chi connectivity index (χ3n) is 2.96. The lowest BCUT2D eigenvalue weighted by Gasteiger charge is -2.12. The molecule has 0 fully saturated rings. The normalized spacial score (nSPS) is 11.6. The zero-order valence-electron chi connectivity index (χ0n) is 10.9. The highest BCUT2D eigenvalue weighted by atomic mass is 19.4. The van der Waals surface area contributed by atoms with Gasteiger partial charge in [0.2, 0.25) is 5.82 Å². The van der Waals surface area contributed by atoms with Crippen molar-refractivity contribution in [1.29, 1.82) is 0 Å². The fourth-order valence-electron chi connectivity index (χ4n) is 2.03. The first kappa shape index (κ1) is 14.8. The van der Waals surface area contributed by atoms with E-state index in [1.165, 1.54) is 25.1 Å². The fraction of sp³-hybridized carbons (Fsp3) is 0.250. The van der Waals surface area contributed by atoms with Crippen LogP contribution in [0.4, 0.5) is 24.7 Å². The highest BCUT2D eigenvalue weighted by Crippen LogP contribution is 2.33.